The molecule has 0 aromatic carbocycles. The van der Waals surface area contributed by atoms with Crippen molar-refractivity contribution in [2.24, 2.45) is 0 Å². The van der Waals surface area contributed by atoms with E-state index < -0.39 is 12.6 Å². The third-order valence-electron chi connectivity index (χ3n) is 2.94. The molecule has 7 heteroatoms. The van der Waals surface area contributed by atoms with E-state index in [1.54, 1.807) is 13.2 Å². The zero-order chi connectivity index (χ0) is 13.9. The second kappa shape index (κ2) is 5.73. The van der Waals surface area contributed by atoms with Crippen molar-refractivity contribution in [2.75, 3.05) is 18.5 Å². The van der Waals surface area contributed by atoms with Gasteiger partial charge in [-0.3, -0.25) is 4.98 Å². The molecule has 19 heavy (non-hydrogen) atoms. The summed E-state index contributed by atoms with van der Waals surface area (Å²) in [6, 6.07) is 0.563. The highest BCUT2D eigenvalue weighted by Crippen LogP contribution is 2.21. The van der Waals surface area contributed by atoms with Crippen molar-refractivity contribution in [3.8, 4) is 0 Å². The lowest BCUT2D eigenvalue weighted by atomic mass is 10.3. The minimum absolute atomic E-state index is 0.113. The van der Waals surface area contributed by atoms with Crippen LogP contribution in [0, 0.1) is 0 Å². The van der Waals surface area contributed by atoms with E-state index in [2.05, 4.69) is 15.3 Å². The molecule has 0 spiro atoms. The van der Waals surface area contributed by atoms with Gasteiger partial charge in [0.25, 0.3) is 0 Å². The Morgan fingerprint density at radius 1 is 1.37 bits per heavy atom. The Hall–Kier alpha value is -1.37. The van der Waals surface area contributed by atoms with Crippen LogP contribution in [0.25, 0.3) is 0 Å². The predicted octanol–water partition coefficient (Wildman–Crippen LogP) is 2.12. The Kier molecular flexibility index (Phi) is 4.24. The highest BCUT2D eigenvalue weighted by Gasteiger charge is 2.27. The Morgan fingerprint density at radius 3 is 2.74 bits per heavy atom. The van der Waals surface area contributed by atoms with Gasteiger partial charge in [0.05, 0.1) is 18.3 Å². The number of anilines is 1. The average Bonchev–Trinajstić information content (AvgIpc) is 3.17. The molecular formula is C12H17F3N4. The van der Waals surface area contributed by atoms with Crippen molar-refractivity contribution in [1.29, 1.82) is 0 Å². The van der Waals surface area contributed by atoms with E-state index >= 15 is 0 Å². The summed E-state index contributed by atoms with van der Waals surface area (Å²) in [6.45, 7) is 0.496. The molecule has 1 heterocycles. The molecule has 0 amide bonds. The largest absolute Gasteiger partial charge is 0.390 e. The van der Waals surface area contributed by atoms with Gasteiger partial charge < -0.3 is 10.2 Å². The molecule has 4 nitrogen and oxygen atoms in total. The van der Waals surface area contributed by atoms with Gasteiger partial charge in [-0.15, -0.1) is 0 Å². The van der Waals surface area contributed by atoms with Gasteiger partial charge >= 0.3 is 6.18 Å². The molecule has 2 rings (SSSR count). The van der Waals surface area contributed by atoms with Crippen molar-refractivity contribution in [3.05, 3.63) is 18.1 Å². The minimum atomic E-state index is -4.15. The predicted molar refractivity (Wildman–Crippen MR) is 65.8 cm³/mol. The van der Waals surface area contributed by atoms with Crippen LogP contribution in [-0.2, 0) is 6.54 Å². The maximum absolute atomic E-state index is 12.2. The van der Waals surface area contributed by atoms with Crippen LogP contribution in [0.1, 0.15) is 25.0 Å². The molecule has 0 unspecified atom stereocenters. The van der Waals surface area contributed by atoms with E-state index in [0.29, 0.717) is 18.4 Å². The van der Waals surface area contributed by atoms with E-state index in [-0.39, 0.29) is 6.54 Å². The zero-order valence-corrected chi connectivity index (χ0v) is 10.7. The molecular weight excluding hydrogens is 257 g/mol. The van der Waals surface area contributed by atoms with Crippen LogP contribution in [0.4, 0.5) is 19.0 Å². The van der Waals surface area contributed by atoms with Crippen LogP contribution >= 0.6 is 0 Å². The van der Waals surface area contributed by atoms with Crippen LogP contribution in [-0.4, -0.2) is 35.8 Å². The van der Waals surface area contributed by atoms with Gasteiger partial charge in [0, 0.05) is 32.4 Å². The average molecular weight is 274 g/mol. The molecule has 1 aliphatic carbocycles. The number of alkyl halides is 3. The van der Waals surface area contributed by atoms with Gasteiger partial charge in [0.1, 0.15) is 5.82 Å². The van der Waals surface area contributed by atoms with Gasteiger partial charge in [-0.05, 0) is 12.8 Å². The lowest BCUT2D eigenvalue weighted by molar-refractivity contribution is -0.132. The van der Waals surface area contributed by atoms with Crippen molar-refractivity contribution >= 4 is 5.82 Å². The molecule has 1 aromatic heterocycles. The van der Waals surface area contributed by atoms with E-state index in [1.165, 1.54) is 23.9 Å². The number of halogens is 3. The molecule has 0 radical (unpaired) electrons. The molecule has 106 valence electrons. The Morgan fingerprint density at radius 2 is 2.11 bits per heavy atom. The van der Waals surface area contributed by atoms with Crippen LogP contribution in [0.15, 0.2) is 12.4 Å². The fourth-order valence-corrected chi connectivity index (χ4v) is 1.61. The Bertz CT molecular complexity index is 418. The lowest BCUT2D eigenvalue weighted by Crippen LogP contribution is -2.25. The summed E-state index contributed by atoms with van der Waals surface area (Å²) in [5.74, 6) is 0.472. The first-order valence-electron chi connectivity index (χ1n) is 6.26. The molecule has 0 aliphatic heterocycles. The number of nitrogens with one attached hydrogen (secondary N) is 1. The molecule has 1 fully saturated rings. The first kappa shape index (κ1) is 14.0. The van der Waals surface area contributed by atoms with E-state index in [1.807, 2.05) is 0 Å². The van der Waals surface area contributed by atoms with Gasteiger partial charge in [-0.2, -0.15) is 13.2 Å². The molecule has 0 atom stereocenters. The Balaban J connectivity index is 1.88. The smallest absolute Gasteiger partial charge is 0.358 e. The molecule has 1 N–H and O–H groups in total. The number of nitrogens with zero attached hydrogens (tertiary/aromatic N) is 3. The molecule has 1 saturated carbocycles. The quantitative estimate of drug-likeness (QED) is 0.862. The fraction of sp³-hybridized carbons (Fsp3) is 0.667. The van der Waals surface area contributed by atoms with Gasteiger partial charge in [0.15, 0.2) is 0 Å². The lowest BCUT2D eigenvalue weighted by Gasteiger charge is -2.19. The second-order valence-electron chi connectivity index (χ2n) is 4.81. The Labute approximate surface area is 110 Å². The van der Waals surface area contributed by atoms with E-state index in [4.69, 9.17) is 0 Å². The first-order chi connectivity index (χ1) is 8.94. The number of hydrogen-bond donors (Lipinski definition) is 1. The van der Waals surface area contributed by atoms with Crippen LogP contribution in [0.5, 0.6) is 0 Å². The third kappa shape index (κ3) is 5.02. The number of aromatic nitrogens is 2. The monoisotopic (exact) mass is 274 g/mol. The summed E-state index contributed by atoms with van der Waals surface area (Å²) in [5.41, 5.74) is 0.753. The van der Waals surface area contributed by atoms with Gasteiger partial charge in [0.2, 0.25) is 0 Å². The maximum atomic E-state index is 12.2. The van der Waals surface area contributed by atoms with Gasteiger partial charge in [-0.25, -0.2) is 4.98 Å². The fourth-order valence-electron chi connectivity index (χ4n) is 1.61. The van der Waals surface area contributed by atoms with Crippen molar-refractivity contribution in [1.82, 2.24) is 15.3 Å². The SMILES string of the molecule is CN(CCC(F)(F)F)c1cncc(CNC2CC2)n1. The number of rotatable bonds is 6. The van der Waals surface area contributed by atoms with Crippen molar-refractivity contribution in [3.63, 3.8) is 0 Å². The van der Waals surface area contributed by atoms with Crippen molar-refractivity contribution < 1.29 is 13.2 Å². The molecule has 1 aliphatic rings. The number of hydrogen-bond acceptors (Lipinski definition) is 4. The zero-order valence-electron chi connectivity index (χ0n) is 10.7. The highest BCUT2D eigenvalue weighted by molar-refractivity contribution is 5.34. The summed E-state index contributed by atoms with van der Waals surface area (Å²) in [6.07, 6.45) is 0.479. The maximum Gasteiger partial charge on any atom is 0.390 e. The summed E-state index contributed by atoms with van der Waals surface area (Å²) in [4.78, 5) is 9.80. The highest BCUT2D eigenvalue weighted by atomic mass is 19.4. The second-order valence-corrected chi connectivity index (χ2v) is 4.81. The summed E-state index contributed by atoms with van der Waals surface area (Å²) >= 11 is 0. The third-order valence-corrected chi connectivity index (χ3v) is 2.94. The van der Waals surface area contributed by atoms with E-state index in [9.17, 15) is 13.2 Å². The molecule has 1 aromatic rings. The van der Waals surface area contributed by atoms with Crippen molar-refractivity contribution in [2.45, 2.75) is 38.0 Å². The molecule has 0 bridgehead atoms. The van der Waals surface area contributed by atoms with Crippen LogP contribution in [0.3, 0.4) is 0 Å². The van der Waals surface area contributed by atoms with Crippen LogP contribution in [0.2, 0.25) is 0 Å². The van der Waals surface area contributed by atoms with Gasteiger partial charge in [-0.1, -0.05) is 0 Å². The minimum Gasteiger partial charge on any atom is -0.358 e. The summed E-state index contributed by atoms with van der Waals surface area (Å²) < 4.78 is 36.5. The standard InChI is InChI=1S/C12H17F3N4/c1-19(5-4-12(13,14)15)11-8-16-6-10(18-11)7-17-9-2-3-9/h6,8-9,17H,2-5,7H2,1H3. The summed E-state index contributed by atoms with van der Waals surface area (Å²) in [5, 5.41) is 3.29. The normalized spacial score (nSPS) is 15.6. The van der Waals surface area contributed by atoms with Crippen LogP contribution < -0.4 is 10.2 Å². The topological polar surface area (TPSA) is 41.1 Å². The van der Waals surface area contributed by atoms with E-state index in [0.717, 1.165) is 5.69 Å². The molecule has 0 saturated heterocycles. The summed E-state index contributed by atoms with van der Waals surface area (Å²) in [7, 11) is 1.59. The first-order valence-corrected chi connectivity index (χ1v) is 6.26.